The van der Waals surface area contributed by atoms with Crippen LogP contribution >= 0.6 is 0 Å². The summed E-state index contributed by atoms with van der Waals surface area (Å²) in [4.78, 5) is 15.2. The van der Waals surface area contributed by atoms with E-state index in [0.29, 0.717) is 11.6 Å². The number of hydrogen-bond donors (Lipinski definition) is 1. The van der Waals surface area contributed by atoms with Gasteiger partial charge in [0.05, 0.1) is 5.52 Å². The maximum Gasteiger partial charge on any atom is 0.126 e. The van der Waals surface area contributed by atoms with Gasteiger partial charge < -0.3 is 14.8 Å². The Hall–Kier alpha value is -2.10. The first-order chi connectivity index (χ1) is 12.3. The predicted octanol–water partition coefficient (Wildman–Crippen LogP) is 2.04. The Morgan fingerprint density at radius 2 is 2.00 bits per heavy atom. The summed E-state index contributed by atoms with van der Waals surface area (Å²) in [6.07, 6.45) is 5.35. The number of pyridine rings is 1. The molecule has 4 heterocycles. The number of likely N-dealkylation sites (N-methyl/N-ethyl adjacent to an activating group) is 1. The van der Waals surface area contributed by atoms with Crippen LogP contribution in [0, 0.1) is 11.3 Å². The molecule has 0 saturated carbocycles. The molecule has 132 valence electrons. The average Bonchev–Trinajstić information content (AvgIpc) is 2.89. The molecule has 1 N–H and O–H groups in total. The van der Waals surface area contributed by atoms with E-state index < -0.39 is 0 Å². The second-order valence-corrected chi connectivity index (χ2v) is 7.27. The molecule has 2 fully saturated rings. The molecule has 2 saturated heterocycles. The Balaban J connectivity index is 1.46. The van der Waals surface area contributed by atoms with Crippen molar-refractivity contribution >= 4 is 16.9 Å². The third-order valence-electron chi connectivity index (χ3n) is 5.70. The van der Waals surface area contributed by atoms with Gasteiger partial charge in [0.1, 0.15) is 23.0 Å². The lowest BCUT2D eigenvalue weighted by Gasteiger charge is -2.38. The molecule has 2 aliphatic rings. The van der Waals surface area contributed by atoms with Crippen molar-refractivity contribution in [3.05, 3.63) is 23.9 Å². The van der Waals surface area contributed by atoms with Crippen molar-refractivity contribution in [1.82, 2.24) is 19.8 Å². The topological polar surface area (TPSA) is 62.2 Å². The van der Waals surface area contributed by atoms with Crippen molar-refractivity contribution in [2.24, 2.45) is 0 Å². The highest BCUT2D eigenvalue weighted by molar-refractivity contribution is 5.88. The van der Waals surface area contributed by atoms with Crippen LogP contribution in [-0.4, -0.2) is 72.1 Å². The molecule has 6 nitrogen and oxygen atoms in total. The summed E-state index contributed by atoms with van der Waals surface area (Å²) in [6, 6.07) is 6.93. The lowest BCUT2D eigenvalue weighted by Crippen LogP contribution is -2.46. The molecule has 2 aliphatic heterocycles. The molecule has 4 rings (SSSR count). The van der Waals surface area contributed by atoms with E-state index in [-0.39, 0.29) is 0 Å². The van der Waals surface area contributed by atoms with E-state index in [1.165, 1.54) is 32.6 Å². The molecule has 6 heteroatoms. The number of aromatic nitrogens is 2. The van der Waals surface area contributed by atoms with Crippen LogP contribution in [0.3, 0.4) is 0 Å². The van der Waals surface area contributed by atoms with Crippen molar-refractivity contribution in [1.29, 1.82) is 5.26 Å². The number of nitrogens with one attached hydrogen (secondary N) is 1. The molecule has 25 heavy (non-hydrogen) atoms. The van der Waals surface area contributed by atoms with E-state index in [4.69, 9.17) is 0 Å². The van der Waals surface area contributed by atoms with Gasteiger partial charge in [-0.2, -0.15) is 5.26 Å². The highest BCUT2D eigenvalue weighted by atomic mass is 15.3. The quantitative estimate of drug-likeness (QED) is 0.908. The number of rotatable bonds is 2. The lowest BCUT2D eigenvalue weighted by molar-refractivity contribution is 0.174. The van der Waals surface area contributed by atoms with Crippen molar-refractivity contribution in [2.75, 3.05) is 51.2 Å². The molecule has 0 amide bonds. The molecule has 0 bridgehead atoms. The van der Waals surface area contributed by atoms with Gasteiger partial charge in [-0.25, -0.2) is 0 Å². The van der Waals surface area contributed by atoms with E-state index in [1.54, 1.807) is 6.20 Å². The fourth-order valence-corrected chi connectivity index (χ4v) is 4.24. The normalized spacial score (nSPS) is 21.4. The Morgan fingerprint density at radius 3 is 2.80 bits per heavy atom. The van der Waals surface area contributed by atoms with Gasteiger partial charge in [-0.1, -0.05) is 0 Å². The highest BCUT2D eigenvalue weighted by Gasteiger charge is 2.28. The van der Waals surface area contributed by atoms with Crippen LogP contribution in [-0.2, 0) is 0 Å². The van der Waals surface area contributed by atoms with Gasteiger partial charge in [0.2, 0.25) is 0 Å². The maximum absolute atomic E-state index is 9.60. The number of piperidine rings is 1. The van der Waals surface area contributed by atoms with Gasteiger partial charge in [0.15, 0.2) is 0 Å². The van der Waals surface area contributed by atoms with Gasteiger partial charge >= 0.3 is 0 Å². The van der Waals surface area contributed by atoms with Gasteiger partial charge in [-0.15, -0.1) is 0 Å². The molecule has 0 radical (unpaired) electrons. The van der Waals surface area contributed by atoms with Crippen molar-refractivity contribution in [3.63, 3.8) is 0 Å². The molecule has 0 aromatic carbocycles. The van der Waals surface area contributed by atoms with Crippen LogP contribution in [0.5, 0.6) is 0 Å². The average molecular weight is 338 g/mol. The summed E-state index contributed by atoms with van der Waals surface area (Å²) in [5.41, 5.74) is 2.43. The molecule has 0 aliphatic carbocycles. The molecular formula is C19H26N6. The largest absolute Gasteiger partial charge is 0.357 e. The van der Waals surface area contributed by atoms with Gasteiger partial charge in [0, 0.05) is 38.4 Å². The SMILES string of the molecule is CN1CCCN(C2CCN(c3[nH]c4cccnc4c3C#N)CC2)CC1. The van der Waals surface area contributed by atoms with Crippen LogP contribution in [0.1, 0.15) is 24.8 Å². The smallest absolute Gasteiger partial charge is 0.126 e. The third kappa shape index (κ3) is 3.22. The first-order valence-electron chi connectivity index (χ1n) is 9.30. The van der Waals surface area contributed by atoms with Crippen molar-refractivity contribution < 1.29 is 0 Å². The minimum absolute atomic E-state index is 0.677. The Morgan fingerprint density at radius 1 is 1.16 bits per heavy atom. The van der Waals surface area contributed by atoms with E-state index in [9.17, 15) is 5.26 Å². The molecule has 0 unspecified atom stereocenters. The minimum Gasteiger partial charge on any atom is -0.357 e. The summed E-state index contributed by atoms with van der Waals surface area (Å²) in [5.74, 6) is 0.949. The van der Waals surface area contributed by atoms with Gasteiger partial charge in [-0.3, -0.25) is 9.88 Å². The standard InChI is InChI=1S/C19H26N6/c1-23-8-3-9-24(13-12-23)15-5-10-25(11-6-15)19-16(14-20)18-17(22-19)4-2-7-21-18/h2,4,7,15,22H,3,5-6,8-13H2,1H3. The first kappa shape index (κ1) is 16.4. The van der Waals surface area contributed by atoms with E-state index in [2.05, 4.69) is 37.8 Å². The third-order valence-corrected chi connectivity index (χ3v) is 5.70. The summed E-state index contributed by atoms with van der Waals surface area (Å²) in [6.45, 7) is 6.78. The monoisotopic (exact) mass is 338 g/mol. The van der Waals surface area contributed by atoms with Gasteiger partial charge in [-0.05, 0) is 51.5 Å². The zero-order valence-corrected chi connectivity index (χ0v) is 14.9. The molecule has 0 atom stereocenters. The number of anilines is 1. The number of nitrogens with zero attached hydrogens (tertiary/aromatic N) is 5. The Labute approximate surface area is 149 Å². The molecule has 2 aromatic rings. The number of hydrogen-bond acceptors (Lipinski definition) is 5. The second kappa shape index (κ2) is 7.03. The lowest BCUT2D eigenvalue weighted by atomic mass is 10.0. The number of fused-ring (bicyclic) bond motifs is 1. The van der Waals surface area contributed by atoms with E-state index in [0.717, 1.165) is 42.8 Å². The Bertz CT molecular complexity index is 768. The molecule has 0 spiro atoms. The summed E-state index contributed by atoms with van der Waals surface area (Å²) in [7, 11) is 2.22. The van der Waals surface area contributed by atoms with Crippen LogP contribution in [0.2, 0.25) is 0 Å². The minimum atomic E-state index is 0.677. The second-order valence-electron chi connectivity index (χ2n) is 7.27. The van der Waals surface area contributed by atoms with Crippen molar-refractivity contribution in [2.45, 2.75) is 25.3 Å². The summed E-state index contributed by atoms with van der Waals surface area (Å²) >= 11 is 0. The molecule has 2 aromatic heterocycles. The zero-order chi connectivity index (χ0) is 17.2. The van der Waals surface area contributed by atoms with Crippen LogP contribution in [0.4, 0.5) is 5.82 Å². The van der Waals surface area contributed by atoms with Crippen LogP contribution in [0.25, 0.3) is 11.0 Å². The number of nitriles is 1. The van der Waals surface area contributed by atoms with Gasteiger partial charge in [0.25, 0.3) is 0 Å². The summed E-state index contributed by atoms with van der Waals surface area (Å²) < 4.78 is 0. The first-order valence-corrected chi connectivity index (χ1v) is 9.30. The van der Waals surface area contributed by atoms with E-state index in [1.807, 2.05) is 12.1 Å². The van der Waals surface area contributed by atoms with Crippen molar-refractivity contribution in [3.8, 4) is 6.07 Å². The van der Waals surface area contributed by atoms with Crippen LogP contribution in [0.15, 0.2) is 18.3 Å². The summed E-state index contributed by atoms with van der Waals surface area (Å²) in [5, 5.41) is 9.60. The maximum atomic E-state index is 9.60. The zero-order valence-electron chi connectivity index (χ0n) is 14.9. The van der Waals surface area contributed by atoms with E-state index >= 15 is 0 Å². The Kier molecular flexibility index (Phi) is 4.60. The molecular weight excluding hydrogens is 312 g/mol. The number of aromatic amines is 1. The number of H-pyrrole nitrogens is 1. The fraction of sp³-hybridized carbons (Fsp3) is 0.579. The highest BCUT2D eigenvalue weighted by Crippen LogP contribution is 2.29. The van der Waals surface area contributed by atoms with Crippen LogP contribution < -0.4 is 4.90 Å². The fourth-order valence-electron chi connectivity index (χ4n) is 4.24. The predicted molar refractivity (Wildman–Crippen MR) is 99.7 cm³/mol.